The molecule has 1 amide bonds. The Morgan fingerprint density at radius 3 is 2.56 bits per heavy atom. The summed E-state index contributed by atoms with van der Waals surface area (Å²) in [6.07, 6.45) is 1.19. The average molecular weight is 370 g/mol. The first-order valence-electron chi connectivity index (χ1n) is 7.64. The Morgan fingerprint density at radius 1 is 1.32 bits per heavy atom. The van der Waals surface area contributed by atoms with Crippen molar-refractivity contribution in [2.75, 3.05) is 19.0 Å². The number of halogens is 1. The van der Waals surface area contributed by atoms with E-state index in [1.54, 1.807) is 39.1 Å². The molecule has 0 aliphatic rings. The molecule has 25 heavy (non-hydrogen) atoms. The number of esters is 1. The quantitative estimate of drug-likeness (QED) is 0.718. The lowest BCUT2D eigenvalue weighted by Gasteiger charge is -2.19. The number of rotatable bonds is 4. The molecule has 0 saturated carbocycles. The van der Waals surface area contributed by atoms with Crippen LogP contribution in [0.15, 0.2) is 24.4 Å². The third-order valence-corrected chi connectivity index (χ3v) is 3.46. The molecule has 0 spiro atoms. The number of amides is 1. The third kappa shape index (κ3) is 5.11. The van der Waals surface area contributed by atoms with E-state index in [4.69, 9.17) is 15.2 Å². The van der Waals surface area contributed by atoms with Crippen LogP contribution in [0.1, 0.15) is 32.3 Å². The summed E-state index contributed by atoms with van der Waals surface area (Å²) in [5.41, 5.74) is 7.27. The highest BCUT2D eigenvalue weighted by molar-refractivity contribution is 5.94. The molecular weight excluding hydrogens is 346 g/mol. The number of carbonyl (C=O) groups excluding carboxylic acids is 2. The van der Waals surface area contributed by atoms with Gasteiger partial charge in [-0.1, -0.05) is 0 Å². The summed E-state index contributed by atoms with van der Waals surface area (Å²) in [7, 11) is 1.33. The van der Waals surface area contributed by atoms with Gasteiger partial charge in [0.05, 0.1) is 13.0 Å². The molecule has 8 heteroatoms. The van der Waals surface area contributed by atoms with Crippen molar-refractivity contribution in [2.45, 2.75) is 32.3 Å². The first-order chi connectivity index (χ1) is 11.2. The zero-order chi connectivity index (χ0) is 17.9. The highest BCUT2D eigenvalue weighted by Crippen LogP contribution is 2.28. The van der Waals surface area contributed by atoms with Crippen molar-refractivity contribution >= 4 is 41.1 Å². The minimum absolute atomic E-state index is 0. The number of H-pyrrole nitrogens is 1. The second kappa shape index (κ2) is 8.22. The van der Waals surface area contributed by atoms with Gasteiger partial charge >= 0.3 is 12.1 Å². The van der Waals surface area contributed by atoms with Crippen molar-refractivity contribution in [3.05, 3.63) is 30.0 Å². The van der Waals surface area contributed by atoms with Crippen LogP contribution in [0.4, 0.5) is 10.5 Å². The lowest BCUT2D eigenvalue weighted by Crippen LogP contribution is -2.27. The van der Waals surface area contributed by atoms with Gasteiger partial charge < -0.3 is 20.2 Å². The number of nitrogens with two attached hydrogens (primary N) is 1. The van der Waals surface area contributed by atoms with E-state index in [1.807, 2.05) is 6.07 Å². The molecule has 0 aliphatic carbocycles. The van der Waals surface area contributed by atoms with Crippen LogP contribution in [-0.4, -0.2) is 36.3 Å². The van der Waals surface area contributed by atoms with Gasteiger partial charge in [0.25, 0.3) is 0 Å². The molecular formula is C17H24ClN3O4. The molecule has 4 N–H and O–H groups in total. The number of carbonyl (C=O) groups is 2. The first-order valence-corrected chi connectivity index (χ1v) is 7.64. The van der Waals surface area contributed by atoms with Crippen molar-refractivity contribution < 1.29 is 19.1 Å². The van der Waals surface area contributed by atoms with Gasteiger partial charge in [0, 0.05) is 29.3 Å². The standard InChI is InChI=1S/C17H23N3O4.ClH/c1-17(2,3)24-16(22)20-10-5-6-14-11(7-10)13(9-19-14)12(8-18)15(21)23-4;/h5-7,9,12,19H,8,18H2,1-4H3,(H,20,22);1H. The SMILES string of the molecule is COC(=O)C(CN)c1c[nH]c2ccc(NC(=O)OC(C)(C)C)cc12.Cl. The number of benzene rings is 1. The number of ether oxygens (including phenoxy) is 2. The van der Waals surface area contributed by atoms with E-state index >= 15 is 0 Å². The Hall–Kier alpha value is -2.25. The molecule has 2 rings (SSSR count). The van der Waals surface area contributed by atoms with Crippen LogP contribution in [0.25, 0.3) is 10.9 Å². The summed E-state index contributed by atoms with van der Waals surface area (Å²) >= 11 is 0. The Morgan fingerprint density at radius 2 is 2.00 bits per heavy atom. The Labute approximate surface area is 152 Å². The van der Waals surface area contributed by atoms with E-state index in [-0.39, 0.29) is 19.0 Å². The van der Waals surface area contributed by atoms with Gasteiger partial charge in [-0.2, -0.15) is 0 Å². The highest BCUT2D eigenvalue weighted by Gasteiger charge is 2.23. The minimum atomic E-state index is -0.580. The maximum atomic E-state index is 11.9. The van der Waals surface area contributed by atoms with Crippen molar-refractivity contribution in [3.8, 4) is 0 Å². The predicted octanol–water partition coefficient (Wildman–Crippen LogP) is 3.15. The van der Waals surface area contributed by atoms with Crippen LogP contribution >= 0.6 is 12.4 Å². The minimum Gasteiger partial charge on any atom is -0.469 e. The monoisotopic (exact) mass is 369 g/mol. The van der Waals surface area contributed by atoms with E-state index in [0.29, 0.717) is 5.69 Å². The van der Waals surface area contributed by atoms with E-state index in [1.165, 1.54) is 7.11 Å². The molecule has 1 aromatic carbocycles. The molecule has 0 aliphatic heterocycles. The van der Waals surface area contributed by atoms with Crippen LogP contribution < -0.4 is 11.1 Å². The summed E-state index contributed by atoms with van der Waals surface area (Å²) in [6.45, 7) is 5.51. The zero-order valence-electron chi connectivity index (χ0n) is 14.7. The van der Waals surface area contributed by atoms with Crippen LogP contribution in [0.2, 0.25) is 0 Å². The summed E-state index contributed by atoms with van der Waals surface area (Å²) < 4.78 is 10.0. The zero-order valence-corrected chi connectivity index (χ0v) is 15.5. The molecule has 1 heterocycles. The summed E-state index contributed by atoms with van der Waals surface area (Å²) in [4.78, 5) is 26.9. The number of hydrogen-bond donors (Lipinski definition) is 3. The molecule has 1 aromatic heterocycles. The fourth-order valence-electron chi connectivity index (χ4n) is 2.42. The van der Waals surface area contributed by atoms with Crippen LogP contribution in [0.5, 0.6) is 0 Å². The number of hydrogen-bond acceptors (Lipinski definition) is 5. The van der Waals surface area contributed by atoms with Gasteiger partial charge in [0.1, 0.15) is 5.60 Å². The maximum absolute atomic E-state index is 11.9. The third-order valence-electron chi connectivity index (χ3n) is 3.46. The second-order valence-electron chi connectivity index (χ2n) is 6.44. The number of methoxy groups -OCH3 is 1. The lowest BCUT2D eigenvalue weighted by molar-refractivity contribution is -0.142. The van der Waals surface area contributed by atoms with Gasteiger partial charge in [-0.25, -0.2) is 4.79 Å². The molecule has 0 saturated heterocycles. The Balaban J connectivity index is 0.00000312. The summed E-state index contributed by atoms with van der Waals surface area (Å²) in [5, 5.41) is 3.48. The first kappa shape index (κ1) is 20.8. The Kier molecular flexibility index (Phi) is 6.84. The molecule has 0 fully saturated rings. The topological polar surface area (TPSA) is 106 Å². The highest BCUT2D eigenvalue weighted by atomic mass is 35.5. The smallest absolute Gasteiger partial charge is 0.412 e. The fourth-order valence-corrected chi connectivity index (χ4v) is 2.42. The summed E-state index contributed by atoms with van der Waals surface area (Å²) in [5.74, 6) is -0.968. The molecule has 0 radical (unpaired) electrons. The van der Waals surface area contributed by atoms with Crippen molar-refractivity contribution in [3.63, 3.8) is 0 Å². The molecule has 0 bridgehead atoms. The fraction of sp³-hybridized carbons (Fsp3) is 0.412. The number of fused-ring (bicyclic) bond motifs is 1. The van der Waals surface area contributed by atoms with Gasteiger partial charge in [-0.05, 0) is 44.5 Å². The second-order valence-corrected chi connectivity index (χ2v) is 6.44. The van der Waals surface area contributed by atoms with Crippen molar-refractivity contribution in [1.29, 1.82) is 0 Å². The van der Waals surface area contributed by atoms with E-state index in [2.05, 4.69) is 10.3 Å². The van der Waals surface area contributed by atoms with Crippen molar-refractivity contribution in [2.24, 2.45) is 5.73 Å². The number of aromatic amines is 1. The molecule has 1 atom stereocenters. The lowest BCUT2D eigenvalue weighted by atomic mass is 9.98. The largest absolute Gasteiger partial charge is 0.469 e. The summed E-state index contributed by atoms with van der Waals surface area (Å²) in [6, 6.07) is 5.34. The molecule has 2 aromatic rings. The number of nitrogens with one attached hydrogen (secondary N) is 2. The van der Waals surface area contributed by atoms with Gasteiger partial charge in [-0.3, -0.25) is 10.1 Å². The number of aromatic nitrogens is 1. The number of anilines is 1. The van der Waals surface area contributed by atoms with Crippen LogP contribution in [0, 0.1) is 0 Å². The van der Waals surface area contributed by atoms with Crippen LogP contribution in [-0.2, 0) is 14.3 Å². The van der Waals surface area contributed by atoms with Gasteiger partial charge in [-0.15, -0.1) is 12.4 Å². The predicted molar refractivity (Wildman–Crippen MR) is 99.2 cm³/mol. The van der Waals surface area contributed by atoms with Crippen LogP contribution in [0.3, 0.4) is 0 Å². The molecule has 1 unspecified atom stereocenters. The van der Waals surface area contributed by atoms with E-state index in [0.717, 1.165) is 16.5 Å². The van der Waals surface area contributed by atoms with E-state index in [9.17, 15) is 9.59 Å². The normalized spacial score (nSPS) is 12.2. The molecule has 138 valence electrons. The molecule has 7 nitrogen and oxygen atoms in total. The van der Waals surface area contributed by atoms with Gasteiger partial charge in [0.2, 0.25) is 0 Å². The maximum Gasteiger partial charge on any atom is 0.412 e. The average Bonchev–Trinajstić information content (AvgIpc) is 2.89. The van der Waals surface area contributed by atoms with E-state index < -0.39 is 23.6 Å². The Bertz CT molecular complexity index is 752. The van der Waals surface area contributed by atoms with Gasteiger partial charge in [0.15, 0.2) is 0 Å². The van der Waals surface area contributed by atoms with Crippen molar-refractivity contribution in [1.82, 2.24) is 4.98 Å².